The maximum atomic E-state index is 13.5. The number of Topliss-reactive ketones (excluding diaryl/α,β-unsaturated/α-hetero) is 1. The van der Waals surface area contributed by atoms with Gasteiger partial charge in [0.1, 0.15) is 6.10 Å². The Hall–Kier alpha value is -1.95. The van der Waals surface area contributed by atoms with Gasteiger partial charge in [0.05, 0.1) is 11.5 Å². The van der Waals surface area contributed by atoms with E-state index in [9.17, 15) is 19.5 Å². The van der Waals surface area contributed by atoms with Gasteiger partial charge in [-0.2, -0.15) is 0 Å². The zero-order valence-corrected chi connectivity index (χ0v) is 23.5. The molecule has 0 aromatic rings. The van der Waals surface area contributed by atoms with Gasteiger partial charge in [-0.25, -0.2) is 0 Å². The van der Waals surface area contributed by atoms with Crippen LogP contribution in [0.15, 0.2) is 22.8 Å². The molecule has 0 saturated heterocycles. The average molecular weight is 512 g/mol. The third-order valence-corrected chi connectivity index (χ3v) is 11.3. The van der Waals surface area contributed by atoms with Gasteiger partial charge < -0.3 is 15.2 Å². The number of esters is 1. The highest BCUT2D eigenvalue weighted by Crippen LogP contribution is 2.71. The molecule has 0 bridgehead atoms. The van der Waals surface area contributed by atoms with Crippen molar-refractivity contribution >= 4 is 17.7 Å². The van der Waals surface area contributed by atoms with Crippen LogP contribution in [0.2, 0.25) is 0 Å². The van der Waals surface area contributed by atoms with E-state index in [0.717, 1.165) is 49.7 Å². The Labute approximate surface area is 221 Å². The first kappa shape index (κ1) is 26.6. The van der Waals surface area contributed by atoms with Gasteiger partial charge in [0.15, 0.2) is 5.78 Å². The van der Waals surface area contributed by atoms with Crippen molar-refractivity contribution in [2.24, 2.45) is 40.4 Å². The number of ketones is 1. The number of hydrogen-bond donors (Lipinski definition) is 2. The van der Waals surface area contributed by atoms with Crippen LogP contribution >= 0.6 is 0 Å². The van der Waals surface area contributed by atoms with Gasteiger partial charge in [0.25, 0.3) is 0 Å². The lowest BCUT2D eigenvalue weighted by Crippen LogP contribution is -2.49. The normalized spacial score (nSPS) is 43.3. The molecule has 0 unspecified atom stereocenters. The predicted molar refractivity (Wildman–Crippen MR) is 141 cm³/mol. The molecule has 37 heavy (non-hydrogen) atoms. The zero-order valence-electron chi connectivity index (χ0n) is 23.5. The van der Waals surface area contributed by atoms with Crippen LogP contribution in [0.3, 0.4) is 0 Å². The molecule has 1 amide bonds. The first-order chi connectivity index (χ1) is 17.3. The number of carbonyl (C=O) groups excluding carboxylic acids is 3. The van der Waals surface area contributed by atoms with E-state index < -0.39 is 11.5 Å². The van der Waals surface area contributed by atoms with Gasteiger partial charge in [0, 0.05) is 26.8 Å². The van der Waals surface area contributed by atoms with Crippen LogP contribution in [0.5, 0.6) is 0 Å². The van der Waals surface area contributed by atoms with Gasteiger partial charge in [-0.3, -0.25) is 14.4 Å². The van der Waals surface area contributed by atoms with Crippen molar-refractivity contribution in [3.63, 3.8) is 0 Å². The highest BCUT2D eigenvalue weighted by Gasteiger charge is 2.68. The molecule has 204 valence electrons. The Morgan fingerprint density at radius 2 is 1.86 bits per heavy atom. The maximum absolute atomic E-state index is 13.5. The Bertz CT molecular complexity index is 1080. The van der Waals surface area contributed by atoms with E-state index in [1.807, 2.05) is 6.92 Å². The second-order valence-corrected chi connectivity index (χ2v) is 13.5. The van der Waals surface area contributed by atoms with E-state index in [4.69, 9.17) is 4.74 Å². The molecule has 2 N–H and O–H groups in total. The number of aliphatic hydroxyl groups is 1. The molecule has 0 aromatic carbocycles. The lowest BCUT2D eigenvalue weighted by molar-refractivity contribution is -0.148. The molecular formula is C31H45NO5. The number of ether oxygens (including phenoxy) is 1. The van der Waals surface area contributed by atoms with Crippen LogP contribution in [0, 0.1) is 40.4 Å². The summed E-state index contributed by atoms with van der Waals surface area (Å²) >= 11 is 0. The monoisotopic (exact) mass is 511 g/mol. The molecule has 5 aliphatic carbocycles. The average Bonchev–Trinajstić information content (AvgIpc) is 3.17. The van der Waals surface area contributed by atoms with Gasteiger partial charge in [-0.1, -0.05) is 32.4 Å². The van der Waals surface area contributed by atoms with E-state index in [1.54, 1.807) is 0 Å². The summed E-state index contributed by atoms with van der Waals surface area (Å²) in [4.78, 5) is 36.5. The molecule has 0 spiro atoms. The summed E-state index contributed by atoms with van der Waals surface area (Å²) in [6.07, 6.45) is 9.58. The number of allylic oxidation sites excluding steroid dienone is 2. The number of carbonyl (C=O) groups is 3. The molecule has 0 aromatic heterocycles. The molecule has 6 heteroatoms. The molecule has 3 saturated carbocycles. The Morgan fingerprint density at radius 1 is 1.16 bits per heavy atom. The molecular weight excluding hydrogens is 466 g/mol. The highest BCUT2D eigenvalue weighted by molar-refractivity contribution is 6.02. The van der Waals surface area contributed by atoms with Crippen LogP contribution in [0.1, 0.15) is 92.9 Å². The van der Waals surface area contributed by atoms with E-state index in [0.29, 0.717) is 37.1 Å². The smallest absolute Gasteiger partial charge is 0.302 e. The SMILES string of the molecule is CC(=O)NC[C@@H](C)C[C@H]1C(=O)C(C)=C2[C@]1(O)C[C@@H]1[C@H]3CC=C4C[C@@H](OC(C)=O)CC[C@]4(C)[C@@H]3CC[C@]21C. The fraction of sp³-hybridized carbons (Fsp3) is 0.774. The van der Waals surface area contributed by atoms with Gasteiger partial charge in [-0.05, 0) is 97.5 Å². The van der Waals surface area contributed by atoms with Gasteiger partial charge >= 0.3 is 5.97 Å². The van der Waals surface area contributed by atoms with Crippen LogP contribution in [-0.2, 0) is 19.1 Å². The van der Waals surface area contributed by atoms with Crippen molar-refractivity contribution in [3.05, 3.63) is 22.8 Å². The molecule has 9 atom stereocenters. The molecule has 3 fully saturated rings. The Kier molecular flexibility index (Phi) is 6.53. The van der Waals surface area contributed by atoms with E-state index in [1.165, 1.54) is 19.4 Å². The standard InChI is InChI=1S/C31H45NO5/c1-17(16-32-19(3)33)13-25-27(35)18(2)28-30(6)12-10-24-23(26(30)15-31(25,28)36)8-7-21-14-22(37-20(4)34)9-11-29(21,24)5/h7,17,22-26,36H,8-16H2,1-6H3,(H,32,33)/t17-,22-,23-,24+,25-,26+,29-,30-,31-/m0/s1. The molecule has 0 radical (unpaired) electrons. The summed E-state index contributed by atoms with van der Waals surface area (Å²) in [6.45, 7) is 12.3. The third kappa shape index (κ3) is 4.04. The van der Waals surface area contributed by atoms with Crippen LogP contribution in [-0.4, -0.2) is 41.0 Å². The maximum Gasteiger partial charge on any atom is 0.302 e. The van der Waals surface area contributed by atoms with Crippen molar-refractivity contribution in [2.45, 2.75) is 105 Å². The summed E-state index contributed by atoms with van der Waals surface area (Å²) in [5.41, 5.74) is 2.18. The number of fused-ring (bicyclic) bond motifs is 7. The third-order valence-electron chi connectivity index (χ3n) is 11.3. The first-order valence-corrected chi connectivity index (χ1v) is 14.4. The lowest BCUT2D eigenvalue weighted by atomic mass is 9.47. The summed E-state index contributed by atoms with van der Waals surface area (Å²) in [6, 6.07) is 0. The summed E-state index contributed by atoms with van der Waals surface area (Å²) in [7, 11) is 0. The molecule has 0 heterocycles. The summed E-state index contributed by atoms with van der Waals surface area (Å²) in [5.74, 6) is 0.935. The quantitative estimate of drug-likeness (QED) is 0.405. The first-order valence-electron chi connectivity index (χ1n) is 14.4. The second-order valence-electron chi connectivity index (χ2n) is 13.5. The van der Waals surface area contributed by atoms with Gasteiger partial charge in [-0.15, -0.1) is 0 Å². The molecule has 6 nitrogen and oxygen atoms in total. The molecule has 5 aliphatic rings. The number of amides is 1. The summed E-state index contributed by atoms with van der Waals surface area (Å²) < 4.78 is 5.59. The van der Waals surface area contributed by atoms with Crippen LogP contribution < -0.4 is 5.32 Å². The Balaban J connectivity index is 1.42. The largest absolute Gasteiger partial charge is 0.462 e. The number of rotatable bonds is 5. The van der Waals surface area contributed by atoms with Crippen molar-refractivity contribution in [2.75, 3.05) is 6.54 Å². The Morgan fingerprint density at radius 3 is 2.54 bits per heavy atom. The van der Waals surface area contributed by atoms with Crippen molar-refractivity contribution in [1.29, 1.82) is 0 Å². The van der Waals surface area contributed by atoms with E-state index >= 15 is 0 Å². The predicted octanol–water partition coefficient (Wildman–Crippen LogP) is 4.90. The number of hydrogen-bond acceptors (Lipinski definition) is 5. The van der Waals surface area contributed by atoms with E-state index in [2.05, 4.69) is 32.2 Å². The number of nitrogens with one attached hydrogen (secondary N) is 1. The molecule has 5 rings (SSSR count). The second kappa shape index (κ2) is 9.07. The highest BCUT2D eigenvalue weighted by atomic mass is 16.5. The molecule has 0 aliphatic heterocycles. The fourth-order valence-corrected chi connectivity index (χ4v) is 9.68. The fourth-order valence-electron chi connectivity index (χ4n) is 9.68. The summed E-state index contributed by atoms with van der Waals surface area (Å²) in [5, 5.41) is 15.2. The topological polar surface area (TPSA) is 92.7 Å². The zero-order chi connectivity index (χ0) is 26.9. The van der Waals surface area contributed by atoms with Crippen molar-refractivity contribution in [3.8, 4) is 0 Å². The van der Waals surface area contributed by atoms with Crippen molar-refractivity contribution in [1.82, 2.24) is 5.32 Å². The minimum atomic E-state index is -1.07. The lowest BCUT2D eigenvalue weighted by Gasteiger charge is -2.57. The van der Waals surface area contributed by atoms with Crippen LogP contribution in [0.25, 0.3) is 0 Å². The van der Waals surface area contributed by atoms with Gasteiger partial charge in [0.2, 0.25) is 5.91 Å². The van der Waals surface area contributed by atoms with Crippen molar-refractivity contribution < 1.29 is 24.2 Å². The van der Waals surface area contributed by atoms with E-state index in [-0.39, 0.29) is 40.5 Å². The minimum Gasteiger partial charge on any atom is -0.462 e. The van der Waals surface area contributed by atoms with Crippen LogP contribution in [0.4, 0.5) is 0 Å². The minimum absolute atomic E-state index is 0.00663.